The summed E-state index contributed by atoms with van der Waals surface area (Å²) in [7, 11) is 0. The molecule has 0 radical (unpaired) electrons. The Kier molecular flexibility index (Phi) is 4.61. The molecule has 0 spiro atoms. The molecule has 2 aromatic rings. The molecule has 1 aliphatic rings. The fraction of sp³-hybridized carbons (Fsp3) is 0.588. The lowest BCUT2D eigenvalue weighted by Gasteiger charge is -2.34. The molecule has 1 saturated heterocycles. The first-order valence-electron chi connectivity index (χ1n) is 8.18. The van der Waals surface area contributed by atoms with Gasteiger partial charge >= 0.3 is 0 Å². The van der Waals surface area contributed by atoms with Crippen molar-refractivity contribution in [1.82, 2.24) is 20.1 Å². The van der Waals surface area contributed by atoms with Crippen molar-refractivity contribution in [3.05, 3.63) is 24.5 Å². The number of rotatable bonds is 5. The number of nitrogens with zero attached hydrogens (tertiary/aromatic N) is 3. The van der Waals surface area contributed by atoms with Gasteiger partial charge in [-0.15, -0.1) is 0 Å². The van der Waals surface area contributed by atoms with Gasteiger partial charge in [0, 0.05) is 18.1 Å². The molecule has 0 unspecified atom stereocenters. The first-order chi connectivity index (χ1) is 11.0. The van der Waals surface area contributed by atoms with Crippen LogP contribution in [0.4, 0.5) is 0 Å². The van der Waals surface area contributed by atoms with Crippen LogP contribution in [0.3, 0.4) is 0 Å². The van der Waals surface area contributed by atoms with Gasteiger partial charge in [0.25, 0.3) is 0 Å². The second-order valence-corrected chi connectivity index (χ2v) is 6.99. The van der Waals surface area contributed by atoms with Crippen molar-refractivity contribution in [2.24, 2.45) is 5.41 Å². The van der Waals surface area contributed by atoms with Gasteiger partial charge in [-0.2, -0.15) is 5.10 Å². The molecule has 0 saturated carbocycles. The summed E-state index contributed by atoms with van der Waals surface area (Å²) in [6.45, 7) is 6.09. The number of pyridine rings is 1. The largest absolute Gasteiger partial charge is 0.378 e. The van der Waals surface area contributed by atoms with E-state index in [1.165, 1.54) is 6.42 Å². The van der Waals surface area contributed by atoms with E-state index in [0.29, 0.717) is 6.54 Å². The Morgan fingerprint density at radius 3 is 3.17 bits per heavy atom. The van der Waals surface area contributed by atoms with Crippen LogP contribution in [0, 0.1) is 5.41 Å². The summed E-state index contributed by atoms with van der Waals surface area (Å²) in [4.78, 5) is 16.3. The summed E-state index contributed by atoms with van der Waals surface area (Å²) in [5.41, 5.74) is 1.02. The Morgan fingerprint density at radius 1 is 1.52 bits per heavy atom. The van der Waals surface area contributed by atoms with Crippen LogP contribution >= 0.6 is 0 Å². The minimum absolute atomic E-state index is 0.0446. The summed E-state index contributed by atoms with van der Waals surface area (Å²) in [6.07, 6.45) is 6.80. The average molecular weight is 316 g/mol. The lowest BCUT2D eigenvalue weighted by atomic mass is 9.85. The monoisotopic (exact) mass is 316 g/mol. The number of amides is 1. The van der Waals surface area contributed by atoms with Crippen molar-refractivity contribution < 1.29 is 9.53 Å². The number of carbonyl (C=O) groups is 1. The highest BCUT2D eigenvalue weighted by molar-refractivity contribution is 5.79. The predicted molar refractivity (Wildman–Crippen MR) is 87.9 cm³/mol. The molecule has 0 aromatic carbocycles. The van der Waals surface area contributed by atoms with Crippen LogP contribution < -0.4 is 5.32 Å². The van der Waals surface area contributed by atoms with Gasteiger partial charge in [0.1, 0.15) is 6.54 Å². The zero-order valence-electron chi connectivity index (χ0n) is 13.8. The van der Waals surface area contributed by atoms with E-state index in [-0.39, 0.29) is 24.0 Å². The average Bonchev–Trinajstić information content (AvgIpc) is 2.92. The summed E-state index contributed by atoms with van der Waals surface area (Å²) in [6, 6.07) is 3.80. The van der Waals surface area contributed by atoms with Crippen LogP contribution in [0.5, 0.6) is 0 Å². The third-order valence-electron chi connectivity index (χ3n) is 4.33. The van der Waals surface area contributed by atoms with Crippen molar-refractivity contribution in [2.45, 2.75) is 45.8 Å². The van der Waals surface area contributed by atoms with Crippen LogP contribution in [-0.4, -0.2) is 39.9 Å². The molecular weight excluding hydrogens is 292 g/mol. The molecule has 6 heteroatoms. The molecule has 1 N–H and O–H groups in total. The number of ether oxygens (including phenoxy) is 1. The molecule has 0 aliphatic carbocycles. The first-order valence-corrected chi connectivity index (χ1v) is 8.18. The number of hydrogen-bond acceptors (Lipinski definition) is 4. The second kappa shape index (κ2) is 6.66. The molecule has 6 nitrogen and oxygen atoms in total. The molecule has 23 heavy (non-hydrogen) atoms. The molecule has 1 aliphatic heterocycles. The van der Waals surface area contributed by atoms with E-state index in [9.17, 15) is 4.79 Å². The van der Waals surface area contributed by atoms with Gasteiger partial charge < -0.3 is 10.1 Å². The molecule has 0 bridgehead atoms. The topological polar surface area (TPSA) is 69.0 Å². The van der Waals surface area contributed by atoms with Crippen molar-refractivity contribution in [2.75, 3.05) is 13.2 Å². The van der Waals surface area contributed by atoms with Crippen LogP contribution in [0.2, 0.25) is 0 Å². The van der Waals surface area contributed by atoms with Crippen molar-refractivity contribution >= 4 is 16.9 Å². The Hall–Kier alpha value is -1.95. The van der Waals surface area contributed by atoms with Gasteiger partial charge in [-0.05, 0) is 36.8 Å². The highest BCUT2D eigenvalue weighted by Gasteiger charge is 2.27. The molecule has 1 fully saturated rings. The van der Waals surface area contributed by atoms with Gasteiger partial charge in [0.05, 0.1) is 18.9 Å². The van der Waals surface area contributed by atoms with Gasteiger partial charge in [-0.25, -0.2) is 9.67 Å². The smallest absolute Gasteiger partial charge is 0.241 e. The summed E-state index contributed by atoms with van der Waals surface area (Å²) in [5.74, 6) is -0.0446. The number of fused-ring (bicyclic) bond motifs is 1. The van der Waals surface area contributed by atoms with E-state index in [2.05, 4.69) is 29.2 Å². The maximum Gasteiger partial charge on any atom is 0.241 e. The van der Waals surface area contributed by atoms with Crippen molar-refractivity contribution in [3.63, 3.8) is 0 Å². The second-order valence-electron chi connectivity index (χ2n) is 6.99. The van der Waals surface area contributed by atoms with E-state index in [1.807, 2.05) is 12.1 Å². The Bertz CT molecular complexity index is 670. The molecular formula is C17H24N4O2. The molecule has 3 rings (SSSR count). The normalized spacial score (nSPS) is 20.5. The highest BCUT2D eigenvalue weighted by Crippen LogP contribution is 2.30. The van der Waals surface area contributed by atoms with E-state index < -0.39 is 0 Å². The van der Waals surface area contributed by atoms with Crippen LogP contribution in [-0.2, 0) is 16.1 Å². The summed E-state index contributed by atoms with van der Waals surface area (Å²) in [5, 5.41) is 8.11. The minimum Gasteiger partial charge on any atom is -0.378 e. The zero-order chi connectivity index (χ0) is 16.3. The number of aromatic nitrogens is 3. The van der Waals surface area contributed by atoms with E-state index in [1.54, 1.807) is 17.1 Å². The molecule has 3 heterocycles. The molecule has 1 amide bonds. The Labute approximate surface area is 136 Å². The maximum absolute atomic E-state index is 12.1. The highest BCUT2D eigenvalue weighted by atomic mass is 16.5. The van der Waals surface area contributed by atoms with E-state index in [4.69, 9.17) is 4.74 Å². The SMILES string of the molecule is CC1(C)CC[C@H](CCNC(=O)Cn2ncc3cccnc32)OC1. The van der Waals surface area contributed by atoms with Gasteiger partial charge in [-0.3, -0.25) is 4.79 Å². The number of hydrogen-bond donors (Lipinski definition) is 1. The lowest BCUT2D eigenvalue weighted by molar-refractivity contribution is -0.122. The summed E-state index contributed by atoms with van der Waals surface area (Å²) >= 11 is 0. The van der Waals surface area contributed by atoms with Crippen LogP contribution in [0.1, 0.15) is 33.1 Å². The van der Waals surface area contributed by atoms with Crippen LogP contribution in [0.25, 0.3) is 11.0 Å². The molecule has 1 atom stereocenters. The number of carbonyl (C=O) groups excluding carboxylic acids is 1. The third-order valence-corrected chi connectivity index (χ3v) is 4.33. The Morgan fingerprint density at radius 2 is 2.39 bits per heavy atom. The van der Waals surface area contributed by atoms with Crippen LogP contribution in [0.15, 0.2) is 24.5 Å². The predicted octanol–water partition coefficient (Wildman–Crippen LogP) is 2.14. The Balaban J connectivity index is 1.43. The third kappa shape index (κ3) is 4.07. The molecule has 2 aromatic heterocycles. The fourth-order valence-electron chi connectivity index (χ4n) is 2.87. The van der Waals surface area contributed by atoms with Crippen molar-refractivity contribution in [1.29, 1.82) is 0 Å². The minimum atomic E-state index is -0.0446. The van der Waals surface area contributed by atoms with Gasteiger partial charge in [-0.1, -0.05) is 13.8 Å². The molecule has 124 valence electrons. The first kappa shape index (κ1) is 15.9. The van der Waals surface area contributed by atoms with Gasteiger partial charge in [0.2, 0.25) is 5.91 Å². The summed E-state index contributed by atoms with van der Waals surface area (Å²) < 4.78 is 7.49. The quantitative estimate of drug-likeness (QED) is 0.917. The van der Waals surface area contributed by atoms with Gasteiger partial charge in [0.15, 0.2) is 5.65 Å². The van der Waals surface area contributed by atoms with E-state index >= 15 is 0 Å². The lowest BCUT2D eigenvalue weighted by Crippen LogP contribution is -2.35. The maximum atomic E-state index is 12.1. The fourth-order valence-corrected chi connectivity index (χ4v) is 2.87. The number of nitrogens with one attached hydrogen (secondary N) is 1. The zero-order valence-corrected chi connectivity index (χ0v) is 13.8. The van der Waals surface area contributed by atoms with E-state index in [0.717, 1.165) is 30.5 Å². The standard InChI is InChI=1S/C17H24N4O2/c1-17(2)7-5-14(23-12-17)6-9-18-15(22)11-21-16-13(10-20-21)4-3-8-19-16/h3-4,8,10,14H,5-7,9,11-12H2,1-2H3,(H,18,22)/t14-/m1/s1. The van der Waals surface area contributed by atoms with Crippen molar-refractivity contribution in [3.8, 4) is 0 Å².